The van der Waals surface area contributed by atoms with Gasteiger partial charge in [0.2, 0.25) is 11.8 Å². The Labute approximate surface area is 240 Å². The quantitative estimate of drug-likeness (QED) is 0.398. The van der Waals surface area contributed by atoms with Crippen LogP contribution in [-0.2, 0) is 14.4 Å². The Kier molecular flexibility index (Phi) is 6.09. The summed E-state index contributed by atoms with van der Waals surface area (Å²) in [6.07, 6.45) is 1.03. The molecule has 3 heterocycles. The average molecular weight is 575 g/mol. The van der Waals surface area contributed by atoms with E-state index in [4.69, 9.17) is 0 Å². The van der Waals surface area contributed by atoms with E-state index in [9.17, 15) is 24.3 Å². The normalized spacial score (nSPS) is 30.9. The number of carboxylic acids is 1. The highest BCUT2D eigenvalue weighted by atomic mass is 32.2. The molecule has 1 saturated heterocycles. The van der Waals surface area contributed by atoms with Crippen LogP contribution in [0.3, 0.4) is 0 Å². The van der Waals surface area contributed by atoms with E-state index in [0.717, 1.165) is 37.9 Å². The van der Waals surface area contributed by atoms with Gasteiger partial charge in [0.05, 0.1) is 16.9 Å². The van der Waals surface area contributed by atoms with Crippen LogP contribution in [-0.4, -0.2) is 44.1 Å². The fourth-order valence-electron chi connectivity index (χ4n) is 8.00. The molecule has 8 atom stereocenters. The molecule has 7 rings (SSSR count). The largest absolute Gasteiger partial charge is 0.480 e. The lowest BCUT2D eigenvalue weighted by molar-refractivity contribution is -0.156. The van der Waals surface area contributed by atoms with Crippen LogP contribution in [0.4, 0.5) is 0 Å². The third kappa shape index (κ3) is 3.77. The van der Waals surface area contributed by atoms with E-state index < -0.39 is 23.8 Å². The molecule has 1 aromatic heterocycles. The standard InChI is InChI=1S/C31H30N2O5S2/c1-14(2)12-20(30(36)37)33-28(34)23-18-13-19(24(23)29(33)35)25-22(18)21(26-27(39-25)32-31(38)40-26)17-10-8-16(9-11-17)15-6-4-3-5-7-15/h3-11,14,18-25H,12-13H2,1-2H3,(H,32,38)(H,36,37)/t18?,19?,20?,21-,22?,23?,24?,25?/m1/s1. The molecule has 2 aromatic carbocycles. The van der Waals surface area contributed by atoms with Crippen molar-refractivity contribution in [2.45, 2.75) is 48.9 Å². The number of carbonyl (C=O) groups excluding carboxylic acids is 2. The van der Waals surface area contributed by atoms with Crippen molar-refractivity contribution in [3.63, 3.8) is 0 Å². The van der Waals surface area contributed by atoms with Gasteiger partial charge in [-0.25, -0.2) is 4.79 Å². The minimum Gasteiger partial charge on any atom is -0.480 e. The van der Waals surface area contributed by atoms with Gasteiger partial charge in [-0.15, -0.1) is 11.8 Å². The number of thiazole rings is 1. The predicted octanol–water partition coefficient (Wildman–Crippen LogP) is 5.08. The Morgan fingerprint density at radius 2 is 1.62 bits per heavy atom. The molecule has 2 aliphatic heterocycles. The van der Waals surface area contributed by atoms with Gasteiger partial charge < -0.3 is 10.1 Å². The first-order valence-corrected chi connectivity index (χ1v) is 15.6. The van der Waals surface area contributed by atoms with Crippen molar-refractivity contribution in [1.29, 1.82) is 0 Å². The summed E-state index contributed by atoms with van der Waals surface area (Å²) in [7, 11) is 0. The first-order chi connectivity index (χ1) is 19.2. The van der Waals surface area contributed by atoms with E-state index >= 15 is 0 Å². The smallest absolute Gasteiger partial charge is 0.326 e. The Morgan fingerprint density at radius 3 is 2.27 bits per heavy atom. The summed E-state index contributed by atoms with van der Waals surface area (Å²) in [4.78, 5) is 57.4. The molecular weight excluding hydrogens is 544 g/mol. The molecule has 0 spiro atoms. The molecule has 7 nitrogen and oxygen atoms in total. The van der Waals surface area contributed by atoms with E-state index in [0.29, 0.717) is 0 Å². The highest BCUT2D eigenvalue weighted by Gasteiger charge is 2.70. The molecule has 3 aromatic rings. The number of carboxylic acid groups (broad SMARTS) is 1. The van der Waals surface area contributed by atoms with Gasteiger partial charge in [-0.05, 0) is 53.2 Å². The number of thioether (sulfide) groups is 1. The van der Waals surface area contributed by atoms with E-state index in [1.54, 1.807) is 11.8 Å². The molecule has 40 heavy (non-hydrogen) atoms. The summed E-state index contributed by atoms with van der Waals surface area (Å²) in [6, 6.07) is 17.5. The number of likely N-dealkylation sites (tertiary alicyclic amines) is 1. The lowest BCUT2D eigenvalue weighted by Crippen LogP contribution is -2.47. The maximum absolute atomic E-state index is 13.9. The van der Waals surface area contributed by atoms with Crippen LogP contribution in [0.5, 0.6) is 0 Å². The summed E-state index contributed by atoms with van der Waals surface area (Å²) in [6.45, 7) is 3.81. The van der Waals surface area contributed by atoms with Crippen molar-refractivity contribution in [3.8, 4) is 11.1 Å². The van der Waals surface area contributed by atoms with Gasteiger partial charge in [-0.2, -0.15) is 0 Å². The number of carbonyl (C=O) groups is 3. The van der Waals surface area contributed by atoms with Crippen LogP contribution < -0.4 is 4.87 Å². The highest BCUT2D eigenvalue weighted by Crippen LogP contribution is 2.68. The molecule has 9 heteroatoms. The zero-order valence-corrected chi connectivity index (χ0v) is 23.8. The highest BCUT2D eigenvalue weighted by molar-refractivity contribution is 8.00. The summed E-state index contributed by atoms with van der Waals surface area (Å²) < 4.78 is 0. The molecule has 2 N–H and O–H groups in total. The number of H-pyrrole nitrogens is 1. The van der Waals surface area contributed by atoms with Gasteiger partial charge in [0.25, 0.3) is 0 Å². The van der Waals surface area contributed by atoms with Crippen molar-refractivity contribution in [2.24, 2.45) is 35.5 Å². The van der Waals surface area contributed by atoms with Crippen molar-refractivity contribution in [1.82, 2.24) is 9.88 Å². The van der Waals surface area contributed by atoms with Crippen molar-refractivity contribution in [3.05, 3.63) is 74.7 Å². The summed E-state index contributed by atoms with van der Waals surface area (Å²) in [5.41, 5.74) is 3.34. The number of hydrogen-bond acceptors (Lipinski definition) is 6. The molecule has 0 radical (unpaired) electrons. The predicted molar refractivity (Wildman–Crippen MR) is 153 cm³/mol. The molecule has 2 saturated carbocycles. The maximum Gasteiger partial charge on any atom is 0.326 e. The first kappa shape index (κ1) is 25.8. The van der Waals surface area contributed by atoms with Gasteiger partial charge in [0.1, 0.15) is 6.04 Å². The number of aromatic nitrogens is 1. The Bertz CT molecular complexity index is 1560. The summed E-state index contributed by atoms with van der Waals surface area (Å²) in [5.74, 6) is -2.72. The number of nitrogens with one attached hydrogen (secondary N) is 1. The van der Waals surface area contributed by atoms with Gasteiger partial charge in [-0.3, -0.25) is 19.3 Å². The lowest BCUT2D eigenvalue weighted by atomic mass is 9.68. The van der Waals surface area contributed by atoms with Crippen molar-refractivity contribution in [2.75, 3.05) is 0 Å². The van der Waals surface area contributed by atoms with Crippen LogP contribution in [0.1, 0.15) is 43.0 Å². The summed E-state index contributed by atoms with van der Waals surface area (Å²) in [5, 5.41) is 10.9. The van der Waals surface area contributed by atoms with Gasteiger partial charge in [0.15, 0.2) is 0 Å². The van der Waals surface area contributed by atoms with Crippen LogP contribution >= 0.6 is 23.1 Å². The molecule has 2 bridgehead atoms. The zero-order chi connectivity index (χ0) is 27.9. The number of amides is 2. The minimum atomic E-state index is -1.13. The second kappa shape index (κ2) is 9.45. The fourth-order valence-corrected chi connectivity index (χ4v) is 10.9. The second-order valence-corrected chi connectivity index (χ2v) is 14.2. The van der Waals surface area contributed by atoms with E-state index in [1.165, 1.54) is 11.3 Å². The van der Waals surface area contributed by atoms with Crippen LogP contribution in [0.2, 0.25) is 0 Å². The molecular formula is C31H30N2O5S2. The Balaban J connectivity index is 1.27. The Morgan fingerprint density at radius 1 is 0.975 bits per heavy atom. The zero-order valence-electron chi connectivity index (χ0n) is 22.2. The Hall–Kier alpha value is -3.17. The summed E-state index contributed by atoms with van der Waals surface area (Å²) >= 11 is 2.89. The second-order valence-electron chi connectivity index (χ2n) is 12.0. The number of hydrogen-bond donors (Lipinski definition) is 2. The third-order valence-electron chi connectivity index (χ3n) is 9.43. The van der Waals surface area contributed by atoms with Crippen molar-refractivity contribution < 1.29 is 19.5 Å². The molecule has 3 fully saturated rings. The van der Waals surface area contributed by atoms with Crippen LogP contribution in [0.25, 0.3) is 11.1 Å². The SMILES string of the molecule is CC(C)CC(C(=O)O)N1C(=O)C2C3CC(C2C1=O)C1C3Sc2[nH]c(=O)sc2[C@@H]1c1ccc(-c2ccccc2)cc1. The van der Waals surface area contributed by atoms with Gasteiger partial charge in [0, 0.05) is 16.0 Å². The topological polar surface area (TPSA) is 108 Å². The maximum atomic E-state index is 13.9. The van der Waals surface area contributed by atoms with Crippen LogP contribution in [0.15, 0.2) is 64.4 Å². The number of aromatic amines is 1. The molecule has 2 aliphatic carbocycles. The van der Waals surface area contributed by atoms with Gasteiger partial charge >= 0.3 is 10.8 Å². The number of benzene rings is 2. The van der Waals surface area contributed by atoms with E-state index in [-0.39, 0.29) is 57.9 Å². The number of nitrogens with zero attached hydrogens (tertiary/aromatic N) is 1. The lowest BCUT2D eigenvalue weighted by Gasteiger charge is -2.43. The average Bonchev–Trinajstić information content (AvgIpc) is 3.67. The molecule has 7 unspecified atom stereocenters. The number of fused-ring (bicyclic) bond motifs is 9. The monoisotopic (exact) mass is 574 g/mol. The molecule has 2 amide bonds. The number of rotatable bonds is 6. The van der Waals surface area contributed by atoms with Crippen LogP contribution in [0, 0.1) is 35.5 Å². The van der Waals surface area contributed by atoms with E-state index in [2.05, 4.69) is 41.4 Å². The number of aliphatic carboxylic acids is 1. The van der Waals surface area contributed by atoms with Gasteiger partial charge in [-0.1, -0.05) is 79.8 Å². The first-order valence-electron chi connectivity index (χ1n) is 13.9. The molecule has 4 aliphatic rings. The minimum absolute atomic E-state index is 0.0254. The number of imide groups is 1. The van der Waals surface area contributed by atoms with Crippen molar-refractivity contribution >= 4 is 40.9 Å². The third-order valence-corrected chi connectivity index (χ3v) is 12.0. The van der Waals surface area contributed by atoms with E-state index in [1.807, 2.05) is 32.0 Å². The fraction of sp³-hybridized carbons (Fsp3) is 0.419. The molecule has 206 valence electrons.